The SMILES string of the molecule is COc1ccc(CNC(=O)C[C@@H]2N=C3c4ccccc4N=C(SCC(=O)Nc4ccc(N(C)C)cc4)N3C2=O)cc1. The van der Waals surface area contributed by atoms with Gasteiger partial charge in [0.25, 0.3) is 5.91 Å². The number of benzene rings is 3. The van der Waals surface area contributed by atoms with E-state index in [0.717, 1.165) is 28.8 Å². The molecule has 0 spiro atoms. The lowest BCUT2D eigenvalue weighted by Gasteiger charge is -2.25. The molecule has 2 heterocycles. The molecule has 0 fully saturated rings. The van der Waals surface area contributed by atoms with Crippen LogP contribution in [0.25, 0.3) is 0 Å². The van der Waals surface area contributed by atoms with Crippen molar-refractivity contribution < 1.29 is 19.1 Å². The summed E-state index contributed by atoms with van der Waals surface area (Å²) in [6, 6.07) is 21.4. The Labute approximate surface area is 242 Å². The van der Waals surface area contributed by atoms with Crippen molar-refractivity contribution in [1.82, 2.24) is 10.2 Å². The lowest BCUT2D eigenvalue weighted by atomic mass is 10.1. The maximum Gasteiger partial charge on any atom is 0.259 e. The molecule has 2 aliphatic rings. The molecule has 10 nitrogen and oxygen atoms in total. The van der Waals surface area contributed by atoms with E-state index in [0.29, 0.717) is 34.5 Å². The standard InChI is InChI=1S/C30H30N6O4S/c1-35(2)21-12-10-20(11-13-21)32-27(38)18-41-30-34-24-7-5-4-6-23(24)28-33-25(29(39)36(28)30)16-26(37)31-17-19-8-14-22(40-3)15-9-19/h4-15,25H,16-18H2,1-3H3,(H,31,37)(H,32,38)/t25-/m0/s1. The van der Waals surface area contributed by atoms with Crippen LogP contribution in [0, 0.1) is 0 Å². The third-order valence-electron chi connectivity index (χ3n) is 6.58. The topological polar surface area (TPSA) is 116 Å². The lowest BCUT2D eigenvalue weighted by molar-refractivity contribution is -0.128. The van der Waals surface area contributed by atoms with Crippen molar-refractivity contribution in [3.8, 4) is 5.75 Å². The summed E-state index contributed by atoms with van der Waals surface area (Å²) >= 11 is 1.15. The van der Waals surface area contributed by atoms with Gasteiger partial charge in [0.2, 0.25) is 11.8 Å². The summed E-state index contributed by atoms with van der Waals surface area (Å²) in [7, 11) is 5.49. The van der Waals surface area contributed by atoms with Crippen LogP contribution in [0.15, 0.2) is 82.8 Å². The smallest absolute Gasteiger partial charge is 0.259 e. The van der Waals surface area contributed by atoms with Gasteiger partial charge in [-0.25, -0.2) is 9.89 Å². The van der Waals surface area contributed by atoms with Crippen LogP contribution < -0.4 is 20.3 Å². The summed E-state index contributed by atoms with van der Waals surface area (Å²) in [5.41, 5.74) is 3.97. The number of carbonyl (C=O) groups is 3. The highest BCUT2D eigenvalue weighted by Crippen LogP contribution is 2.34. The van der Waals surface area contributed by atoms with Crippen LogP contribution in [-0.2, 0) is 20.9 Å². The molecule has 1 atom stereocenters. The average Bonchev–Trinajstić information content (AvgIpc) is 3.31. The van der Waals surface area contributed by atoms with Crippen molar-refractivity contribution in [1.29, 1.82) is 0 Å². The number of nitrogens with one attached hydrogen (secondary N) is 2. The highest BCUT2D eigenvalue weighted by atomic mass is 32.2. The van der Waals surface area contributed by atoms with Gasteiger partial charge in [0.1, 0.15) is 17.6 Å². The molecule has 0 bridgehead atoms. The zero-order chi connectivity index (χ0) is 28.9. The van der Waals surface area contributed by atoms with Crippen molar-refractivity contribution in [3.63, 3.8) is 0 Å². The fraction of sp³-hybridized carbons (Fsp3) is 0.233. The largest absolute Gasteiger partial charge is 0.497 e. The van der Waals surface area contributed by atoms with Crippen LogP contribution in [-0.4, -0.2) is 66.6 Å². The van der Waals surface area contributed by atoms with Crippen molar-refractivity contribution in [2.45, 2.75) is 19.0 Å². The van der Waals surface area contributed by atoms with Gasteiger partial charge in [-0.2, -0.15) is 0 Å². The normalized spacial score (nSPS) is 15.3. The Balaban J connectivity index is 1.24. The number of anilines is 2. The van der Waals surface area contributed by atoms with Gasteiger partial charge in [-0.05, 0) is 54.1 Å². The van der Waals surface area contributed by atoms with Crippen LogP contribution in [0.2, 0.25) is 0 Å². The second-order valence-electron chi connectivity index (χ2n) is 9.66. The summed E-state index contributed by atoms with van der Waals surface area (Å²) in [5.74, 6) is 0.350. The predicted octanol–water partition coefficient (Wildman–Crippen LogP) is 3.80. The zero-order valence-electron chi connectivity index (χ0n) is 23.0. The molecule has 2 aliphatic heterocycles. The van der Waals surface area contributed by atoms with E-state index in [4.69, 9.17) is 4.74 Å². The minimum absolute atomic E-state index is 0.0422. The molecule has 210 valence electrons. The number of methoxy groups -OCH3 is 1. The van der Waals surface area contributed by atoms with Gasteiger partial charge in [0.15, 0.2) is 5.17 Å². The third kappa shape index (κ3) is 6.41. The zero-order valence-corrected chi connectivity index (χ0v) is 23.8. The number of aliphatic imine (C=N–C) groups is 2. The van der Waals surface area contributed by atoms with Crippen LogP contribution in [0.1, 0.15) is 17.5 Å². The maximum atomic E-state index is 13.5. The quantitative estimate of drug-likeness (QED) is 0.405. The van der Waals surface area contributed by atoms with Crippen LogP contribution in [0.5, 0.6) is 5.75 Å². The summed E-state index contributed by atoms with van der Waals surface area (Å²) < 4.78 is 5.16. The average molecular weight is 571 g/mol. The Morgan fingerprint density at radius 2 is 1.73 bits per heavy atom. The second-order valence-corrected chi connectivity index (χ2v) is 10.6. The summed E-state index contributed by atoms with van der Waals surface area (Å²) in [4.78, 5) is 51.7. The molecule has 0 aliphatic carbocycles. The first-order valence-electron chi connectivity index (χ1n) is 13.0. The second kappa shape index (κ2) is 12.3. The van der Waals surface area contributed by atoms with Crippen molar-refractivity contribution >= 4 is 57.5 Å². The number of nitrogens with zero attached hydrogens (tertiary/aromatic N) is 4. The fourth-order valence-electron chi connectivity index (χ4n) is 4.39. The van der Waals surface area contributed by atoms with E-state index in [1.54, 1.807) is 7.11 Å². The molecule has 0 saturated carbocycles. The van der Waals surface area contributed by atoms with Gasteiger partial charge in [-0.3, -0.25) is 19.4 Å². The highest BCUT2D eigenvalue weighted by molar-refractivity contribution is 8.14. The maximum absolute atomic E-state index is 13.5. The van der Waals surface area contributed by atoms with E-state index in [1.807, 2.05) is 91.8 Å². The number of amidine groups is 2. The molecule has 3 aromatic rings. The molecule has 5 rings (SSSR count). The number of ether oxygens (including phenoxy) is 1. The number of amides is 3. The van der Waals surface area contributed by atoms with E-state index in [-0.39, 0.29) is 29.9 Å². The predicted molar refractivity (Wildman–Crippen MR) is 162 cm³/mol. The fourth-order valence-corrected chi connectivity index (χ4v) is 5.19. The Morgan fingerprint density at radius 1 is 1.00 bits per heavy atom. The monoisotopic (exact) mass is 570 g/mol. The number of rotatable bonds is 9. The minimum Gasteiger partial charge on any atom is -0.497 e. The minimum atomic E-state index is -0.887. The molecular weight excluding hydrogens is 540 g/mol. The van der Waals surface area contributed by atoms with Gasteiger partial charge >= 0.3 is 0 Å². The summed E-state index contributed by atoms with van der Waals surface area (Å²) in [6.07, 6.45) is -0.0987. The van der Waals surface area contributed by atoms with Gasteiger partial charge in [-0.1, -0.05) is 36.0 Å². The number of fused-ring (bicyclic) bond motifs is 3. The third-order valence-corrected chi connectivity index (χ3v) is 7.51. The van der Waals surface area contributed by atoms with E-state index in [2.05, 4.69) is 20.6 Å². The molecule has 0 radical (unpaired) electrons. The van der Waals surface area contributed by atoms with Crippen molar-refractivity contribution in [3.05, 3.63) is 83.9 Å². The number of hydrogen-bond acceptors (Lipinski definition) is 8. The van der Waals surface area contributed by atoms with Gasteiger partial charge in [-0.15, -0.1) is 0 Å². The molecule has 0 saturated heterocycles. The first-order valence-corrected chi connectivity index (χ1v) is 14.0. The summed E-state index contributed by atoms with van der Waals surface area (Å²) in [5, 5.41) is 6.09. The molecular formula is C30H30N6O4S. The van der Waals surface area contributed by atoms with Crippen LogP contribution in [0.4, 0.5) is 17.1 Å². The number of para-hydroxylation sites is 1. The van der Waals surface area contributed by atoms with Gasteiger partial charge < -0.3 is 20.3 Å². The van der Waals surface area contributed by atoms with E-state index in [1.165, 1.54) is 4.90 Å². The Bertz CT molecular complexity index is 1520. The van der Waals surface area contributed by atoms with E-state index >= 15 is 0 Å². The Hall–Kier alpha value is -4.64. The van der Waals surface area contributed by atoms with Gasteiger partial charge in [0.05, 0.1) is 25.0 Å². The Morgan fingerprint density at radius 3 is 2.44 bits per heavy atom. The lowest BCUT2D eigenvalue weighted by Crippen LogP contribution is -2.42. The first kappa shape index (κ1) is 27.9. The number of thioether (sulfide) groups is 1. The molecule has 0 unspecified atom stereocenters. The van der Waals surface area contributed by atoms with Crippen LogP contribution >= 0.6 is 11.8 Å². The number of hydrogen-bond donors (Lipinski definition) is 2. The van der Waals surface area contributed by atoms with E-state index < -0.39 is 6.04 Å². The molecule has 0 aromatic heterocycles. The van der Waals surface area contributed by atoms with Crippen molar-refractivity contribution in [2.75, 3.05) is 37.2 Å². The molecule has 3 amide bonds. The summed E-state index contributed by atoms with van der Waals surface area (Å²) in [6.45, 7) is 0.322. The van der Waals surface area contributed by atoms with Crippen LogP contribution in [0.3, 0.4) is 0 Å². The molecule has 2 N–H and O–H groups in total. The Kier molecular flexibility index (Phi) is 8.34. The number of carbonyl (C=O) groups excluding carboxylic acids is 3. The first-order chi connectivity index (χ1) is 19.8. The highest BCUT2D eigenvalue weighted by Gasteiger charge is 2.42. The molecule has 3 aromatic carbocycles. The molecule has 11 heteroatoms. The van der Waals surface area contributed by atoms with Gasteiger partial charge in [0, 0.05) is 37.6 Å². The van der Waals surface area contributed by atoms with E-state index in [9.17, 15) is 14.4 Å². The molecule has 41 heavy (non-hydrogen) atoms. The van der Waals surface area contributed by atoms with Crippen molar-refractivity contribution in [2.24, 2.45) is 9.98 Å².